The normalized spacial score (nSPS) is 11.8. The predicted octanol–water partition coefficient (Wildman–Crippen LogP) is 2.96. The summed E-state index contributed by atoms with van der Waals surface area (Å²) in [5, 5.41) is 0. The van der Waals surface area contributed by atoms with Gasteiger partial charge in [0.25, 0.3) is 6.43 Å². The fourth-order valence-electron chi connectivity index (χ4n) is 1.14. The van der Waals surface area contributed by atoms with Crippen molar-refractivity contribution < 1.29 is 35.9 Å². The van der Waals surface area contributed by atoms with Crippen molar-refractivity contribution in [2.75, 3.05) is 7.11 Å². The Morgan fingerprint density at radius 1 is 1.39 bits per heavy atom. The summed E-state index contributed by atoms with van der Waals surface area (Å²) in [4.78, 5) is 13.6. The van der Waals surface area contributed by atoms with Crippen LogP contribution in [0.1, 0.15) is 28.2 Å². The molecule has 0 aromatic carbocycles. The van der Waals surface area contributed by atoms with Crippen molar-refractivity contribution in [1.82, 2.24) is 4.98 Å². The number of aromatic nitrogens is 1. The van der Waals surface area contributed by atoms with Gasteiger partial charge in [0.05, 0.1) is 12.7 Å². The molecule has 0 spiro atoms. The number of carbonyl (C=O) groups is 1. The quantitative estimate of drug-likeness (QED) is 0.614. The molecule has 0 saturated heterocycles. The van der Waals surface area contributed by atoms with Crippen molar-refractivity contribution in [3.05, 3.63) is 28.8 Å². The second-order valence-electron chi connectivity index (χ2n) is 3.04. The van der Waals surface area contributed by atoms with E-state index in [-0.39, 0.29) is 6.07 Å². The lowest BCUT2D eigenvalue weighted by Gasteiger charge is -2.13. The van der Waals surface area contributed by atoms with Crippen LogP contribution in [0.25, 0.3) is 0 Å². The third-order valence-corrected chi connectivity index (χ3v) is 1.90. The van der Waals surface area contributed by atoms with E-state index in [4.69, 9.17) is 0 Å². The van der Waals surface area contributed by atoms with Gasteiger partial charge in [-0.3, -0.25) is 0 Å². The number of esters is 1. The number of hydrogen-bond acceptors (Lipinski definition) is 3. The molecule has 100 valence electrons. The number of nitrogens with zero attached hydrogens (tertiary/aromatic N) is 1. The summed E-state index contributed by atoms with van der Waals surface area (Å²) in [5.74, 6) is -3.12. The molecule has 1 aromatic heterocycles. The molecule has 1 rings (SSSR count). The molecule has 0 aliphatic carbocycles. The highest BCUT2D eigenvalue weighted by atomic mass is 19.4. The molecule has 0 atom stereocenters. The van der Waals surface area contributed by atoms with Crippen molar-refractivity contribution in [2.45, 2.75) is 12.6 Å². The first-order chi connectivity index (χ1) is 8.18. The minimum absolute atomic E-state index is 0.208. The van der Waals surface area contributed by atoms with Crippen LogP contribution in [0.5, 0.6) is 0 Å². The zero-order chi connectivity index (χ0) is 14.1. The van der Waals surface area contributed by atoms with Crippen LogP contribution in [0, 0.1) is 5.82 Å². The number of rotatable bonds is 2. The van der Waals surface area contributed by atoms with E-state index in [9.17, 15) is 31.1 Å². The fourth-order valence-corrected chi connectivity index (χ4v) is 1.14. The summed E-state index contributed by atoms with van der Waals surface area (Å²) in [6, 6.07) is -0.208. The van der Waals surface area contributed by atoms with E-state index in [2.05, 4.69) is 9.72 Å². The van der Waals surface area contributed by atoms with E-state index in [1.807, 2.05) is 0 Å². The first-order valence-corrected chi connectivity index (χ1v) is 4.32. The van der Waals surface area contributed by atoms with Gasteiger partial charge >= 0.3 is 12.1 Å². The largest absolute Gasteiger partial charge is 0.464 e. The zero-order valence-electron chi connectivity index (χ0n) is 8.69. The monoisotopic (exact) mass is 273 g/mol. The second kappa shape index (κ2) is 4.83. The standard InChI is InChI=1S/C9H5F6NO2/c1-18-8(17)6-4(10)2-3(9(13,14)15)5(16-6)7(11)12/h2,7H,1H3. The number of hydrogen-bond donors (Lipinski definition) is 0. The minimum Gasteiger partial charge on any atom is -0.464 e. The molecule has 1 heterocycles. The van der Waals surface area contributed by atoms with Gasteiger partial charge in [-0.2, -0.15) is 13.2 Å². The van der Waals surface area contributed by atoms with E-state index in [0.717, 1.165) is 7.11 Å². The van der Waals surface area contributed by atoms with E-state index < -0.39 is 41.3 Å². The Labute approximate surface area is 96.4 Å². The van der Waals surface area contributed by atoms with Gasteiger partial charge in [-0.25, -0.2) is 22.9 Å². The number of alkyl halides is 5. The molecular formula is C9H5F6NO2. The van der Waals surface area contributed by atoms with Gasteiger partial charge in [0.1, 0.15) is 5.69 Å². The van der Waals surface area contributed by atoms with Crippen molar-refractivity contribution in [1.29, 1.82) is 0 Å². The lowest BCUT2D eigenvalue weighted by Crippen LogP contribution is -2.17. The van der Waals surface area contributed by atoms with Crippen LogP contribution >= 0.6 is 0 Å². The molecule has 0 N–H and O–H groups in total. The summed E-state index contributed by atoms with van der Waals surface area (Å²) < 4.78 is 79.0. The molecule has 0 unspecified atom stereocenters. The minimum atomic E-state index is -5.20. The topological polar surface area (TPSA) is 39.2 Å². The highest BCUT2D eigenvalue weighted by molar-refractivity contribution is 5.87. The average molecular weight is 273 g/mol. The van der Waals surface area contributed by atoms with Crippen molar-refractivity contribution >= 4 is 5.97 Å². The maximum absolute atomic E-state index is 13.2. The Morgan fingerprint density at radius 2 is 1.94 bits per heavy atom. The Hall–Kier alpha value is -1.80. The zero-order valence-corrected chi connectivity index (χ0v) is 8.69. The van der Waals surface area contributed by atoms with Crippen molar-refractivity contribution in [2.24, 2.45) is 0 Å². The number of carbonyl (C=O) groups excluding carboxylic acids is 1. The number of methoxy groups -OCH3 is 1. The molecular weight excluding hydrogens is 268 g/mol. The van der Waals surface area contributed by atoms with Crippen LogP contribution in [0.15, 0.2) is 6.07 Å². The lowest BCUT2D eigenvalue weighted by molar-refractivity contribution is -0.140. The second-order valence-corrected chi connectivity index (χ2v) is 3.04. The third kappa shape index (κ3) is 2.71. The van der Waals surface area contributed by atoms with Crippen LogP contribution in [0.2, 0.25) is 0 Å². The van der Waals surface area contributed by atoms with Gasteiger partial charge in [0, 0.05) is 0 Å². The molecule has 0 fully saturated rings. The molecule has 0 radical (unpaired) electrons. The van der Waals surface area contributed by atoms with Crippen LogP contribution in [-0.2, 0) is 10.9 Å². The van der Waals surface area contributed by atoms with E-state index in [1.54, 1.807) is 0 Å². The molecule has 0 saturated carbocycles. The van der Waals surface area contributed by atoms with Crippen LogP contribution in [0.4, 0.5) is 26.3 Å². The fraction of sp³-hybridized carbons (Fsp3) is 0.333. The highest BCUT2D eigenvalue weighted by Gasteiger charge is 2.38. The molecule has 0 amide bonds. The van der Waals surface area contributed by atoms with Crippen molar-refractivity contribution in [3.8, 4) is 0 Å². The van der Waals surface area contributed by atoms with Crippen LogP contribution in [0.3, 0.4) is 0 Å². The summed E-state index contributed by atoms with van der Waals surface area (Å²) in [5.41, 5.74) is -4.87. The van der Waals surface area contributed by atoms with E-state index >= 15 is 0 Å². The summed E-state index contributed by atoms with van der Waals surface area (Å²) in [7, 11) is 0.809. The van der Waals surface area contributed by atoms with Gasteiger partial charge < -0.3 is 4.74 Å². The third-order valence-electron chi connectivity index (χ3n) is 1.90. The highest BCUT2D eigenvalue weighted by Crippen LogP contribution is 2.36. The smallest absolute Gasteiger partial charge is 0.418 e. The van der Waals surface area contributed by atoms with Gasteiger partial charge in [-0.1, -0.05) is 0 Å². The predicted molar refractivity (Wildman–Crippen MR) is 45.5 cm³/mol. The summed E-state index contributed by atoms with van der Waals surface area (Å²) in [6.07, 6.45) is -8.81. The van der Waals surface area contributed by atoms with Gasteiger partial charge in [0.2, 0.25) is 0 Å². The maximum atomic E-state index is 13.2. The number of halogens is 6. The van der Waals surface area contributed by atoms with Crippen LogP contribution in [-0.4, -0.2) is 18.1 Å². The lowest BCUT2D eigenvalue weighted by atomic mass is 10.1. The molecule has 0 bridgehead atoms. The molecule has 1 aromatic rings. The summed E-state index contributed by atoms with van der Waals surface area (Å²) in [6.45, 7) is 0. The summed E-state index contributed by atoms with van der Waals surface area (Å²) >= 11 is 0. The Kier molecular flexibility index (Phi) is 3.82. The molecule has 3 nitrogen and oxygen atoms in total. The molecule has 18 heavy (non-hydrogen) atoms. The van der Waals surface area contributed by atoms with Crippen molar-refractivity contribution in [3.63, 3.8) is 0 Å². The molecule has 9 heteroatoms. The van der Waals surface area contributed by atoms with E-state index in [0.29, 0.717) is 0 Å². The Morgan fingerprint density at radius 3 is 2.33 bits per heavy atom. The Balaban J connectivity index is 3.49. The van der Waals surface area contributed by atoms with E-state index in [1.165, 1.54) is 0 Å². The number of pyridine rings is 1. The number of ether oxygens (including phenoxy) is 1. The average Bonchev–Trinajstić information content (AvgIpc) is 2.26. The van der Waals surface area contributed by atoms with Gasteiger partial charge in [-0.15, -0.1) is 0 Å². The molecule has 0 aliphatic heterocycles. The Bertz CT molecular complexity index is 471. The van der Waals surface area contributed by atoms with Gasteiger partial charge in [0.15, 0.2) is 11.5 Å². The van der Waals surface area contributed by atoms with Crippen LogP contribution < -0.4 is 0 Å². The SMILES string of the molecule is COC(=O)c1nc(C(F)F)c(C(F)(F)F)cc1F. The first-order valence-electron chi connectivity index (χ1n) is 4.32. The van der Waals surface area contributed by atoms with Gasteiger partial charge in [-0.05, 0) is 6.07 Å². The first kappa shape index (κ1) is 14.3. The molecule has 0 aliphatic rings. The maximum Gasteiger partial charge on any atom is 0.418 e.